The Kier molecular flexibility index (Phi) is 6.22. The van der Waals surface area contributed by atoms with E-state index in [4.69, 9.17) is 0 Å². The van der Waals surface area contributed by atoms with Gasteiger partial charge in [0.1, 0.15) is 11.6 Å². The van der Waals surface area contributed by atoms with Gasteiger partial charge in [-0.25, -0.2) is 13.6 Å². The molecule has 7 heteroatoms. The van der Waals surface area contributed by atoms with E-state index in [0.717, 1.165) is 5.56 Å². The molecule has 1 aliphatic carbocycles. The van der Waals surface area contributed by atoms with Crippen LogP contribution in [0.1, 0.15) is 30.4 Å². The molecule has 0 bridgehead atoms. The van der Waals surface area contributed by atoms with E-state index in [1.54, 1.807) is 18.2 Å². The summed E-state index contributed by atoms with van der Waals surface area (Å²) in [6.45, 7) is 1.46. The maximum atomic E-state index is 13.4. The van der Waals surface area contributed by atoms with Crippen LogP contribution in [-0.2, 0) is 16.0 Å². The number of carbonyl (C=O) groups is 2. The van der Waals surface area contributed by atoms with Crippen molar-refractivity contribution in [2.45, 2.75) is 25.7 Å². The molecule has 0 fully saturated rings. The maximum Gasteiger partial charge on any atom is 0.333 e. The summed E-state index contributed by atoms with van der Waals surface area (Å²) in [7, 11) is 0. The molecular weight excluding hydrogens is 458 g/mol. The molecule has 0 spiro atoms. The van der Waals surface area contributed by atoms with Crippen molar-refractivity contribution in [2.75, 3.05) is 0 Å². The van der Waals surface area contributed by atoms with Crippen molar-refractivity contribution in [3.05, 3.63) is 93.0 Å². The predicted molar refractivity (Wildman–Crippen MR) is 111 cm³/mol. The summed E-state index contributed by atoms with van der Waals surface area (Å²) in [6.07, 6.45) is 2.40. The average molecular weight is 477 g/mol. The average Bonchev–Trinajstić information content (AvgIpc) is 2.69. The van der Waals surface area contributed by atoms with Crippen molar-refractivity contribution in [1.82, 2.24) is 0 Å². The van der Waals surface area contributed by atoms with Crippen molar-refractivity contribution in [3.8, 4) is 0 Å². The van der Waals surface area contributed by atoms with Crippen LogP contribution in [0.25, 0.3) is 0 Å². The first-order valence-corrected chi connectivity index (χ1v) is 10.0. The number of rotatable bonds is 6. The third-order valence-corrected chi connectivity index (χ3v) is 6.31. The zero-order valence-corrected chi connectivity index (χ0v) is 17.6. The van der Waals surface area contributed by atoms with E-state index in [1.165, 1.54) is 43.3 Å². The summed E-state index contributed by atoms with van der Waals surface area (Å²) in [5, 5.41) is 19.9. The lowest BCUT2D eigenvalue weighted by molar-refractivity contribution is -0.146. The van der Waals surface area contributed by atoms with Gasteiger partial charge in [0, 0.05) is 10.4 Å². The highest BCUT2D eigenvalue weighted by molar-refractivity contribution is 9.12. The van der Waals surface area contributed by atoms with Gasteiger partial charge in [0.2, 0.25) is 0 Å². The van der Waals surface area contributed by atoms with Gasteiger partial charge in [-0.1, -0.05) is 30.3 Å². The van der Waals surface area contributed by atoms with Gasteiger partial charge in [0.15, 0.2) is 0 Å². The topological polar surface area (TPSA) is 74.6 Å². The molecule has 4 nitrogen and oxygen atoms in total. The highest BCUT2D eigenvalue weighted by Gasteiger charge is 2.48. The third-order valence-electron chi connectivity index (χ3n) is 5.37. The largest absolute Gasteiger partial charge is 0.481 e. The molecule has 2 aromatic rings. The van der Waals surface area contributed by atoms with Crippen LogP contribution in [0.2, 0.25) is 0 Å². The van der Waals surface area contributed by atoms with Crippen LogP contribution in [0.15, 0.2) is 70.2 Å². The Hall–Kier alpha value is -2.80. The van der Waals surface area contributed by atoms with Gasteiger partial charge in [-0.3, -0.25) is 4.79 Å². The van der Waals surface area contributed by atoms with E-state index in [9.17, 15) is 28.6 Å². The summed E-state index contributed by atoms with van der Waals surface area (Å²) in [6, 6.07) is 11.1. The van der Waals surface area contributed by atoms with Gasteiger partial charge < -0.3 is 10.2 Å². The third kappa shape index (κ3) is 4.21. The molecule has 0 saturated carbocycles. The molecule has 0 aromatic heterocycles. The summed E-state index contributed by atoms with van der Waals surface area (Å²) < 4.78 is 26.8. The van der Waals surface area contributed by atoms with Crippen LogP contribution in [0, 0.1) is 17.0 Å². The number of benzene rings is 2. The Morgan fingerprint density at radius 1 is 0.967 bits per heavy atom. The van der Waals surface area contributed by atoms with Crippen molar-refractivity contribution < 1.29 is 28.6 Å². The van der Waals surface area contributed by atoms with Gasteiger partial charge in [0.05, 0.1) is 11.0 Å². The van der Waals surface area contributed by atoms with Crippen LogP contribution in [-0.4, -0.2) is 22.2 Å². The second kappa shape index (κ2) is 8.52. The molecule has 2 unspecified atom stereocenters. The van der Waals surface area contributed by atoms with Gasteiger partial charge in [-0.2, -0.15) is 0 Å². The Morgan fingerprint density at radius 2 is 1.50 bits per heavy atom. The van der Waals surface area contributed by atoms with E-state index in [0.29, 0.717) is 28.5 Å². The van der Waals surface area contributed by atoms with Crippen LogP contribution in [0.5, 0.6) is 0 Å². The predicted octanol–water partition coefficient (Wildman–Crippen LogP) is 5.45. The van der Waals surface area contributed by atoms with E-state index in [-0.39, 0.29) is 11.4 Å². The lowest BCUT2D eigenvalue weighted by atomic mass is 9.65. The first kappa shape index (κ1) is 21.9. The van der Waals surface area contributed by atoms with Crippen molar-refractivity contribution in [3.63, 3.8) is 0 Å². The normalized spacial score (nSPS) is 21.3. The molecule has 3 rings (SSSR count). The number of hydrogen-bond donors (Lipinski definition) is 2. The minimum absolute atomic E-state index is 0.0943. The van der Waals surface area contributed by atoms with Crippen LogP contribution in [0.3, 0.4) is 0 Å². The summed E-state index contributed by atoms with van der Waals surface area (Å²) >= 11 is 3.36. The second-order valence-corrected chi connectivity index (χ2v) is 8.19. The Labute approximate surface area is 180 Å². The monoisotopic (exact) mass is 476 g/mol. The molecule has 1 aliphatic rings. The lowest BCUT2D eigenvalue weighted by Gasteiger charge is -2.37. The molecule has 156 valence electrons. The fourth-order valence-electron chi connectivity index (χ4n) is 3.79. The van der Waals surface area contributed by atoms with Crippen molar-refractivity contribution in [2.24, 2.45) is 5.41 Å². The molecule has 2 aromatic carbocycles. The van der Waals surface area contributed by atoms with E-state index < -0.39 is 29.1 Å². The highest BCUT2D eigenvalue weighted by atomic mass is 79.9. The summed E-state index contributed by atoms with van der Waals surface area (Å²) in [5.41, 5.74) is 0.126. The number of halogens is 3. The fraction of sp³-hybridized carbons (Fsp3) is 0.217. The molecule has 0 saturated heterocycles. The molecule has 0 amide bonds. The number of allylic oxidation sites excluding steroid dienone is 2. The van der Waals surface area contributed by atoms with Crippen molar-refractivity contribution >= 4 is 27.9 Å². The standard InChI is InChI=1S/C23H19BrF2O4/c1-23(22(29)30)12-15(5-2-13-3-8-16(25)9-4-13)20(24)18(21(27)28)19(23)14-6-10-17(26)11-7-14/h3-4,6-12,19H,2,5H2,1H3,(H,27,28)(H,29,30). The fourth-order valence-corrected chi connectivity index (χ4v) is 4.50. The molecule has 0 aliphatic heterocycles. The highest BCUT2D eigenvalue weighted by Crippen LogP contribution is 2.51. The zero-order valence-electron chi connectivity index (χ0n) is 16.0. The minimum atomic E-state index is -1.55. The SMILES string of the molecule is CC1(C(=O)O)C=C(CCc2ccc(F)cc2)C(Br)=C(C(=O)O)C1c1ccc(F)cc1. The molecule has 30 heavy (non-hydrogen) atoms. The van der Waals surface area contributed by atoms with Crippen LogP contribution in [0.4, 0.5) is 8.78 Å². The molecule has 0 heterocycles. The molecular formula is C23H19BrF2O4. The second-order valence-electron chi connectivity index (χ2n) is 7.40. The minimum Gasteiger partial charge on any atom is -0.481 e. The number of carboxylic acids is 2. The van der Waals surface area contributed by atoms with Gasteiger partial charge >= 0.3 is 11.9 Å². The number of hydrogen-bond acceptors (Lipinski definition) is 2. The summed E-state index contributed by atoms with van der Waals surface area (Å²) in [5.74, 6) is -4.31. The molecule has 2 N–H and O–H groups in total. The van der Waals surface area contributed by atoms with Gasteiger partial charge in [-0.05, 0) is 76.7 Å². The van der Waals surface area contributed by atoms with E-state index in [2.05, 4.69) is 15.9 Å². The van der Waals surface area contributed by atoms with E-state index in [1.807, 2.05) is 0 Å². The first-order chi connectivity index (χ1) is 14.1. The van der Waals surface area contributed by atoms with Crippen LogP contribution >= 0.6 is 15.9 Å². The summed E-state index contributed by atoms with van der Waals surface area (Å²) in [4.78, 5) is 24.4. The Balaban J connectivity index is 2.06. The Morgan fingerprint density at radius 3 is 2.00 bits per heavy atom. The molecule has 0 radical (unpaired) electrons. The van der Waals surface area contributed by atoms with Gasteiger partial charge in [-0.15, -0.1) is 0 Å². The molecule has 2 atom stereocenters. The maximum absolute atomic E-state index is 13.4. The quantitative estimate of drug-likeness (QED) is 0.581. The van der Waals surface area contributed by atoms with E-state index >= 15 is 0 Å². The van der Waals surface area contributed by atoms with Gasteiger partial charge in [0.25, 0.3) is 0 Å². The number of carboxylic acid groups (broad SMARTS) is 2. The number of aryl methyl sites for hydroxylation is 1. The first-order valence-electron chi connectivity index (χ1n) is 9.22. The number of aliphatic carboxylic acids is 2. The lowest BCUT2D eigenvalue weighted by Crippen LogP contribution is -2.38. The van der Waals surface area contributed by atoms with Crippen LogP contribution < -0.4 is 0 Å². The Bertz CT molecular complexity index is 1040. The van der Waals surface area contributed by atoms with Crippen molar-refractivity contribution in [1.29, 1.82) is 0 Å². The zero-order chi connectivity index (χ0) is 22.1. The smallest absolute Gasteiger partial charge is 0.333 e.